The van der Waals surface area contributed by atoms with Gasteiger partial charge in [0.25, 0.3) is 11.8 Å². The lowest BCUT2D eigenvalue weighted by atomic mass is 9.91. The summed E-state index contributed by atoms with van der Waals surface area (Å²) in [5, 5.41) is 24.3. The summed E-state index contributed by atoms with van der Waals surface area (Å²) in [7, 11) is 1.75. The highest BCUT2D eigenvalue weighted by Gasteiger charge is 2.22. The quantitative estimate of drug-likeness (QED) is 0.224. The number of hydrogen-bond donors (Lipinski definition) is 4. The first kappa shape index (κ1) is 28.1. The molecular formula is C24H31N3O5. The number of benzene rings is 1. The van der Waals surface area contributed by atoms with Gasteiger partial charge in [-0.05, 0) is 52.5 Å². The van der Waals surface area contributed by atoms with Crippen molar-refractivity contribution < 1.29 is 24.6 Å². The molecule has 4 N–H and O–H groups in total. The number of hydrogen-bond acceptors (Lipinski definition) is 5. The molecule has 0 fully saturated rings. The Bertz CT molecular complexity index is 962. The Morgan fingerprint density at radius 1 is 1.19 bits per heavy atom. The molecule has 0 aliphatic carbocycles. The fraction of sp³-hybridized carbons (Fsp3) is 0.333. The number of carboxylic acids is 1. The molecule has 0 saturated carbocycles. The SMILES string of the molecule is C#C/C(C(=O)NCC(=O)O)=C(/O)c1cccc(C(=O)NC(C)C)c1/C(C)=C\C.CC=NC. The van der Waals surface area contributed by atoms with Crippen LogP contribution >= 0.6 is 0 Å². The van der Waals surface area contributed by atoms with Crippen molar-refractivity contribution in [2.45, 2.75) is 40.7 Å². The number of aliphatic carboxylic acids is 1. The molecule has 172 valence electrons. The average Bonchev–Trinajstić information content (AvgIpc) is 2.76. The van der Waals surface area contributed by atoms with E-state index in [9.17, 15) is 19.5 Å². The van der Waals surface area contributed by atoms with Gasteiger partial charge < -0.3 is 25.8 Å². The van der Waals surface area contributed by atoms with Crippen LogP contribution in [0.5, 0.6) is 0 Å². The average molecular weight is 442 g/mol. The van der Waals surface area contributed by atoms with Gasteiger partial charge in [0, 0.05) is 29.8 Å². The van der Waals surface area contributed by atoms with Gasteiger partial charge in [-0.25, -0.2) is 0 Å². The van der Waals surface area contributed by atoms with Gasteiger partial charge in [-0.15, -0.1) is 6.42 Å². The molecule has 0 spiro atoms. The van der Waals surface area contributed by atoms with Crippen molar-refractivity contribution in [3.05, 3.63) is 46.5 Å². The molecule has 2 amide bonds. The topological polar surface area (TPSA) is 128 Å². The Hall–Kier alpha value is -3.86. The fourth-order valence-corrected chi connectivity index (χ4v) is 2.47. The van der Waals surface area contributed by atoms with Crippen molar-refractivity contribution in [1.82, 2.24) is 10.6 Å². The van der Waals surface area contributed by atoms with Gasteiger partial charge in [-0.1, -0.05) is 24.1 Å². The van der Waals surface area contributed by atoms with Crippen LogP contribution in [0.15, 0.2) is 34.8 Å². The number of amides is 2. The van der Waals surface area contributed by atoms with E-state index in [1.807, 2.05) is 20.8 Å². The third-order valence-corrected chi connectivity index (χ3v) is 4.08. The molecule has 0 saturated heterocycles. The monoisotopic (exact) mass is 441 g/mol. The number of nitrogens with one attached hydrogen (secondary N) is 2. The number of rotatable bonds is 7. The summed E-state index contributed by atoms with van der Waals surface area (Å²) in [5.74, 6) is -0.902. The van der Waals surface area contributed by atoms with Gasteiger partial charge in [0.1, 0.15) is 17.9 Å². The second-order valence-electron chi connectivity index (χ2n) is 6.79. The molecule has 0 radical (unpaired) electrons. The van der Waals surface area contributed by atoms with Crippen LogP contribution in [0.1, 0.15) is 56.1 Å². The summed E-state index contributed by atoms with van der Waals surface area (Å²) < 4.78 is 0. The number of terminal acetylenes is 1. The van der Waals surface area contributed by atoms with E-state index >= 15 is 0 Å². The number of carbonyl (C=O) groups excluding carboxylic acids is 2. The second-order valence-corrected chi connectivity index (χ2v) is 6.79. The molecule has 0 heterocycles. The summed E-state index contributed by atoms with van der Waals surface area (Å²) in [6.45, 7) is 8.43. The van der Waals surface area contributed by atoms with Crippen molar-refractivity contribution >= 4 is 35.3 Å². The standard InChI is InChI=1S/C21H24N2O5.C3H7N/c1-6-13(5)18-15(9-8-10-16(18)21(28)23-12(3)4)19(26)14(7-2)20(27)22-11-17(24)25;1-3-4-2/h2,6,8-10,12,26H,11H2,1,3-5H3,(H,22,27)(H,23,28)(H,24,25);3H,1-2H3/b13-6-,19-14-;. The first-order chi connectivity index (χ1) is 15.0. The lowest BCUT2D eigenvalue weighted by molar-refractivity contribution is -0.137. The summed E-state index contributed by atoms with van der Waals surface area (Å²) in [4.78, 5) is 39.0. The fourth-order valence-electron chi connectivity index (χ4n) is 2.47. The predicted octanol–water partition coefficient (Wildman–Crippen LogP) is 3.06. The zero-order valence-corrected chi connectivity index (χ0v) is 19.3. The zero-order valence-electron chi connectivity index (χ0n) is 19.3. The summed E-state index contributed by atoms with van der Waals surface area (Å²) in [6, 6.07) is 4.61. The first-order valence-corrected chi connectivity index (χ1v) is 9.89. The summed E-state index contributed by atoms with van der Waals surface area (Å²) >= 11 is 0. The number of carboxylic acid groups (broad SMARTS) is 1. The molecule has 0 unspecified atom stereocenters. The predicted molar refractivity (Wildman–Crippen MR) is 127 cm³/mol. The molecule has 8 heteroatoms. The molecule has 0 bridgehead atoms. The van der Waals surface area contributed by atoms with Gasteiger partial charge in [0.2, 0.25) is 0 Å². The van der Waals surface area contributed by atoms with Crippen molar-refractivity contribution in [1.29, 1.82) is 0 Å². The van der Waals surface area contributed by atoms with E-state index in [-0.39, 0.29) is 17.5 Å². The lowest BCUT2D eigenvalue weighted by Crippen LogP contribution is -2.31. The lowest BCUT2D eigenvalue weighted by Gasteiger charge is -2.17. The maximum atomic E-state index is 12.6. The minimum absolute atomic E-state index is 0.0953. The second kappa shape index (κ2) is 14.2. The Kier molecular flexibility index (Phi) is 12.5. The van der Waals surface area contributed by atoms with E-state index < -0.39 is 29.8 Å². The van der Waals surface area contributed by atoms with Crippen LogP contribution < -0.4 is 10.6 Å². The Balaban J connectivity index is 0.00000220. The van der Waals surface area contributed by atoms with Crippen molar-refractivity contribution in [3.63, 3.8) is 0 Å². The van der Waals surface area contributed by atoms with Gasteiger partial charge in [-0.3, -0.25) is 14.4 Å². The highest BCUT2D eigenvalue weighted by Crippen LogP contribution is 2.29. The molecule has 0 aliphatic rings. The van der Waals surface area contributed by atoms with E-state index in [4.69, 9.17) is 11.5 Å². The third kappa shape index (κ3) is 8.48. The molecule has 32 heavy (non-hydrogen) atoms. The van der Waals surface area contributed by atoms with Gasteiger partial charge in [0.15, 0.2) is 0 Å². The Morgan fingerprint density at radius 3 is 2.19 bits per heavy atom. The Labute approximate surface area is 189 Å². The molecule has 8 nitrogen and oxygen atoms in total. The Morgan fingerprint density at radius 2 is 1.75 bits per heavy atom. The summed E-state index contributed by atoms with van der Waals surface area (Å²) in [6.07, 6.45) is 8.88. The van der Waals surface area contributed by atoms with E-state index in [1.165, 1.54) is 6.07 Å². The van der Waals surface area contributed by atoms with Crippen molar-refractivity contribution in [2.24, 2.45) is 4.99 Å². The van der Waals surface area contributed by atoms with Crippen LogP contribution in [0, 0.1) is 12.3 Å². The van der Waals surface area contributed by atoms with E-state index in [2.05, 4.69) is 21.5 Å². The molecular weight excluding hydrogens is 410 g/mol. The number of carbonyl (C=O) groups is 3. The van der Waals surface area contributed by atoms with E-state index in [0.29, 0.717) is 16.7 Å². The molecule has 1 aromatic rings. The van der Waals surface area contributed by atoms with Crippen molar-refractivity contribution in [3.8, 4) is 12.3 Å². The largest absolute Gasteiger partial charge is 0.506 e. The minimum atomic E-state index is -1.25. The molecule has 0 aliphatic heterocycles. The van der Waals surface area contributed by atoms with Gasteiger partial charge in [-0.2, -0.15) is 0 Å². The minimum Gasteiger partial charge on any atom is -0.506 e. The number of nitrogens with zero attached hydrogens (tertiary/aromatic N) is 1. The smallest absolute Gasteiger partial charge is 0.322 e. The maximum absolute atomic E-state index is 12.6. The highest BCUT2D eigenvalue weighted by molar-refractivity contribution is 6.07. The first-order valence-electron chi connectivity index (χ1n) is 9.89. The normalized spacial score (nSPS) is 11.8. The maximum Gasteiger partial charge on any atom is 0.322 e. The number of aliphatic hydroxyl groups is 1. The molecule has 0 aromatic heterocycles. The van der Waals surface area contributed by atoms with E-state index in [1.54, 1.807) is 45.3 Å². The number of allylic oxidation sites excluding steroid dienone is 2. The van der Waals surface area contributed by atoms with Gasteiger partial charge >= 0.3 is 5.97 Å². The van der Waals surface area contributed by atoms with Gasteiger partial charge in [0.05, 0.1) is 0 Å². The van der Waals surface area contributed by atoms with Crippen LogP contribution in [0.25, 0.3) is 11.3 Å². The highest BCUT2D eigenvalue weighted by atomic mass is 16.4. The van der Waals surface area contributed by atoms with Crippen LogP contribution in [-0.4, -0.2) is 53.8 Å². The van der Waals surface area contributed by atoms with Crippen LogP contribution in [-0.2, 0) is 9.59 Å². The van der Waals surface area contributed by atoms with Crippen LogP contribution in [0.3, 0.4) is 0 Å². The molecule has 0 atom stereocenters. The summed E-state index contributed by atoms with van der Waals surface area (Å²) in [5.41, 5.74) is 1.21. The molecule has 1 rings (SSSR count). The van der Waals surface area contributed by atoms with Crippen LogP contribution in [0.4, 0.5) is 0 Å². The van der Waals surface area contributed by atoms with E-state index in [0.717, 1.165) is 0 Å². The van der Waals surface area contributed by atoms with Crippen LogP contribution in [0.2, 0.25) is 0 Å². The third-order valence-electron chi connectivity index (χ3n) is 4.08. The zero-order chi connectivity index (χ0) is 24.8. The number of aliphatic imine (C=N–C) groups is 1. The molecule has 1 aromatic carbocycles. The number of aliphatic hydroxyl groups excluding tert-OH is 1. The van der Waals surface area contributed by atoms with Crippen molar-refractivity contribution in [2.75, 3.05) is 13.6 Å².